The van der Waals surface area contributed by atoms with Gasteiger partial charge in [-0.2, -0.15) is 4.74 Å². The topological polar surface area (TPSA) is 81.2 Å². The van der Waals surface area contributed by atoms with Gasteiger partial charge in [0.15, 0.2) is 0 Å². The number of anilines is 2. The Labute approximate surface area is 118 Å². The monoisotopic (exact) mass is 287 g/mol. The summed E-state index contributed by atoms with van der Waals surface area (Å²) >= 11 is 1.39. The quantitative estimate of drug-likeness (QED) is 0.256. The molecule has 3 rings (SSSR count). The molecule has 0 aromatic heterocycles. The predicted molar refractivity (Wildman–Crippen MR) is 77.4 cm³/mol. The second-order valence-corrected chi connectivity index (χ2v) is 5.31. The molecule has 0 aliphatic carbocycles. The average Bonchev–Trinajstić information content (AvgIpc) is 2.43. The number of nitro benzene ring substituents is 1. The van der Waals surface area contributed by atoms with Gasteiger partial charge in [-0.25, -0.2) is 0 Å². The molecule has 100 valence electrons. The van der Waals surface area contributed by atoms with Crippen LogP contribution in [-0.2, 0) is 0 Å². The van der Waals surface area contributed by atoms with E-state index < -0.39 is 4.92 Å². The molecule has 1 aliphatic rings. The van der Waals surface area contributed by atoms with Crippen LogP contribution in [0.2, 0.25) is 0 Å². The van der Waals surface area contributed by atoms with Gasteiger partial charge in [0, 0.05) is 34.1 Å². The second kappa shape index (κ2) is 4.53. The average molecular weight is 287 g/mol. The van der Waals surface area contributed by atoms with Crippen molar-refractivity contribution in [2.45, 2.75) is 9.79 Å². The Hall–Kier alpha value is -2.54. The van der Waals surface area contributed by atoms with Gasteiger partial charge in [0.1, 0.15) is 6.72 Å². The Bertz CT molecular complexity index is 684. The Kier molecular flexibility index (Phi) is 2.83. The van der Waals surface area contributed by atoms with E-state index in [9.17, 15) is 15.3 Å². The maximum atomic E-state index is 11.2. The molecular weight excluding hydrogens is 278 g/mol. The minimum absolute atomic E-state index is 0.0419. The molecule has 1 aliphatic heterocycles. The van der Waals surface area contributed by atoms with E-state index in [0.29, 0.717) is 10.4 Å². The molecule has 0 atom stereocenters. The third-order valence-electron chi connectivity index (χ3n) is 2.92. The van der Waals surface area contributed by atoms with Crippen molar-refractivity contribution in [2.24, 2.45) is 0 Å². The van der Waals surface area contributed by atoms with Crippen molar-refractivity contribution in [3.63, 3.8) is 0 Å². The lowest BCUT2D eigenvalue weighted by Gasteiger charge is -2.20. The lowest BCUT2D eigenvalue weighted by atomic mass is 10.2. The Morgan fingerprint density at radius 1 is 1.00 bits per heavy atom. The summed E-state index contributed by atoms with van der Waals surface area (Å²) in [6.45, 7) is 3.30. The summed E-state index contributed by atoms with van der Waals surface area (Å²) in [4.78, 5) is 12.0. The van der Waals surface area contributed by atoms with Gasteiger partial charge in [-0.05, 0) is 12.1 Å². The summed E-state index contributed by atoms with van der Waals surface area (Å²) < 4.78 is 0.532. The van der Waals surface area contributed by atoms with Crippen LogP contribution in [0.4, 0.5) is 22.7 Å². The first kappa shape index (κ1) is 12.5. The largest absolute Gasteiger partial charge is 0.619 e. The van der Waals surface area contributed by atoms with Crippen molar-refractivity contribution in [1.82, 2.24) is 0 Å². The van der Waals surface area contributed by atoms with Crippen LogP contribution < -0.4 is 5.32 Å². The van der Waals surface area contributed by atoms with E-state index in [2.05, 4.69) is 12.0 Å². The standard InChI is InChI=1S/C13H9N3O3S/c1-15(17)8-2-4-10-12(6-8)20-13-7-9(16(18)19)3-5-11(13)14-10/h2-7,14H,1H2. The van der Waals surface area contributed by atoms with E-state index in [1.165, 1.54) is 23.9 Å². The second-order valence-electron chi connectivity index (χ2n) is 4.22. The summed E-state index contributed by atoms with van der Waals surface area (Å²) in [5.41, 5.74) is 2.16. The van der Waals surface area contributed by atoms with Crippen molar-refractivity contribution >= 4 is 41.2 Å². The van der Waals surface area contributed by atoms with E-state index >= 15 is 0 Å². The van der Waals surface area contributed by atoms with E-state index in [4.69, 9.17) is 0 Å². The highest BCUT2D eigenvalue weighted by atomic mass is 32.2. The van der Waals surface area contributed by atoms with Gasteiger partial charge in [0.2, 0.25) is 5.69 Å². The first-order valence-electron chi connectivity index (χ1n) is 5.70. The number of non-ortho nitro benzene ring substituents is 1. The van der Waals surface area contributed by atoms with Crippen LogP contribution in [-0.4, -0.2) is 16.4 Å². The summed E-state index contributed by atoms with van der Waals surface area (Å²) in [6, 6.07) is 9.82. The number of benzene rings is 2. The number of rotatable bonds is 2. The normalized spacial score (nSPS) is 12.0. The molecule has 2 aromatic carbocycles. The summed E-state index contributed by atoms with van der Waals surface area (Å²) in [7, 11) is 0. The minimum Gasteiger partial charge on any atom is -0.619 e. The van der Waals surface area contributed by atoms with Crippen LogP contribution in [0.15, 0.2) is 46.2 Å². The highest BCUT2D eigenvalue weighted by Gasteiger charge is 2.20. The first-order chi connectivity index (χ1) is 9.54. The molecule has 6 nitrogen and oxygen atoms in total. The molecule has 0 saturated heterocycles. The summed E-state index contributed by atoms with van der Waals surface area (Å²) in [5, 5.41) is 25.2. The zero-order valence-electron chi connectivity index (χ0n) is 10.2. The van der Waals surface area contributed by atoms with Gasteiger partial charge in [0.05, 0.1) is 16.3 Å². The minimum atomic E-state index is -0.428. The van der Waals surface area contributed by atoms with Crippen LogP contribution >= 0.6 is 11.8 Å². The number of fused-ring (bicyclic) bond motifs is 2. The van der Waals surface area contributed by atoms with Crippen LogP contribution in [0, 0.1) is 15.3 Å². The van der Waals surface area contributed by atoms with Crippen LogP contribution in [0.3, 0.4) is 0 Å². The van der Waals surface area contributed by atoms with Crippen LogP contribution in [0.25, 0.3) is 0 Å². The molecule has 0 bridgehead atoms. The molecule has 0 spiro atoms. The number of nitro groups is 1. The number of hydrogen-bond acceptors (Lipinski definition) is 5. The van der Waals surface area contributed by atoms with Crippen LogP contribution in [0.5, 0.6) is 0 Å². The van der Waals surface area contributed by atoms with E-state index in [-0.39, 0.29) is 5.69 Å². The lowest BCUT2D eigenvalue weighted by molar-refractivity contribution is -0.385. The van der Waals surface area contributed by atoms with Gasteiger partial charge >= 0.3 is 0 Å². The SMILES string of the molecule is C=[N+]([O-])c1ccc2c(c1)Sc1cc([N+](=O)[O-])ccc1N2. The molecule has 7 heteroatoms. The van der Waals surface area contributed by atoms with Gasteiger partial charge in [0.25, 0.3) is 5.69 Å². The highest BCUT2D eigenvalue weighted by Crippen LogP contribution is 2.46. The predicted octanol–water partition coefficient (Wildman–Crippen LogP) is 3.65. The number of hydrogen-bond donors (Lipinski definition) is 1. The molecule has 0 saturated carbocycles. The summed E-state index contributed by atoms with van der Waals surface area (Å²) in [6.07, 6.45) is 0. The Morgan fingerprint density at radius 3 is 2.10 bits per heavy atom. The fourth-order valence-corrected chi connectivity index (χ4v) is 2.98. The van der Waals surface area contributed by atoms with Gasteiger partial charge < -0.3 is 10.5 Å². The van der Waals surface area contributed by atoms with E-state index in [0.717, 1.165) is 21.2 Å². The molecule has 0 radical (unpaired) electrons. The number of nitrogens with zero attached hydrogens (tertiary/aromatic N) is 2. The fourth-order valence-electron chi connectivity index (χ4n) is 1.93. The maximum absolute atomic E-state index is 11.2. The smallest absolute Gasteiger partial charge is 0.270 e. The van der Waals surface area contributed by atoms with Crippen molar-refractivity contribution in [1.29, 1.82) is 0 Å². The van der Waals surface area contributed by atoms with Gasteiger partial charge in [-0.1, -0.05) is 11.8 Å². The van der Waals surface area contributed by atoms with Crippen molar-refractivity contribution < 1.29 is 9.66 Å². The van der Waals surface area contributed by atoms with Crippen molar-refractivity contribution in [2.75, 3.05) is 5.32 Å². The molecule has 20 heavy (non-hydrogen) atoms. The maximum Gasteiger partial charge on any atom is 0.270 e. The highest BCUT2D eigenvalue weighted by molar-refractivity contribution is 7.99. The van der Waals surface area contributed by atoms with Gasteiger partial charge in [-0.3, -0.25) is 10.1 Å². The molecular formula is C13H9N3O3S. The fraction of sp³-hybridized carbons (Fsp3) is 0. The zero-order valence-corrected chi connectivity index (χ0v) is 11.0. The zero-order chi connectivity index (χ0) is 14.3. The lowest BCUT2D eigenvalue weighted by Crippen LogP contribution is -2.01. The Morgan fingerprint density at radius 2 is 1.55 bits per heavy atom. The first-order valence-corrected chi connectivity index (χ1v) is 6.51. The van der Waals surface area contributed by atoms with E-state index in [1.54, 1.807) is 24.3 Å². The third-order valence-corrected chi connectivity index (χ3v) is 4.03. The van der Waals surface area contributed by atoms with Gasteiger partial charge in [-0.15, -0.1) is 0 Å². The molecule has 1 N–H and O–H groups in total. The molecule has 2 aromatic rings. The summed E-state index contributed by atoms with van der Waals surface area (Å²) in [5.74, 6) is 0. The number of nitrogens with one attached hydrogen (secondary N) is 1. The van der Waals surface area contributed by atoms with Crippen LogP contribution in [0.1, 0.15) is 0 Å². The van der Waals surface area contributed by atoms with Crippen molar-refractivity contribution in [3.8, 4) is 0 Å². The molecule has 0 fully saturated rings. The third kappa shape index (κ3) is 2.08. The van der Waals surface area contributed by atoms with Crippen molar-refractivity contribution in [3.05, 3.63) is 51.7 Å². The van der Waals surface area contributed by atoms with E-state index in [1.807, 2.05) is 0 Å². The Balaban J connectivity index is 2.03. The molecule has 0 amide bonds. The molecule has 1 heterocycles. The molecule has 0 unspecified atom stereocenters.